The third-order valence-electron chi connectivity index (χ3n) is 4.87. The lowest BCUT2D eigenvalue weighted by Crippen LogP contribution is -2.10. The molecule has 0 unspecified atom stereocenters. The SMILES string of the molecule is Cc1ccc(-c2nc3ccc(-c4nc5ccc(C(=N)N)cc5[nH]4)cc3[nH]2)cc1. The van der Waals surface area contributed by atoms with Crippen molar-refractivity contribution < 1.29 is 0 Å². The summed E-state index contributed by atoms with van der Waals surface area (Å²) < 4.78 is 0. The van der Waals surface area contributed by atoms with Crippen molar-refractivity contribution in [2.24, 2.45) is 5.73 Å². The van der Waals surface area contributed by atoms with Gasteiger partial charge in [0.1, 0.15) is 17.5 Å². The van der Waals surface area contributed by atoms with Gasteiger partial charge in [0.2, 0.25) is 0 Å². The molecule has 3 aromatic carbocycles. The zero-order valence-electron chi connectivity index (χ0n) is 15.2. The van der Waals surface area contributed by atoms with E-state index < -0.39 is 0 Å². The van der Waals surface area contributed by atoms with Crippen molar-refractivity contribution in [2.75, 3.05) is 0 Å². The zero-order chi connectivity index (χ0) is 19.3. The Labute approximate surface area is 161 Å². The van der Waals surface area contributed by atoms with Crippen LogP contribution in [-0.4, -0.2) is 25.8 Å². The third-order valence-corrected chi connectivity index (χ3v) is 4.87. The first-order chi connectivity index (χ1) is 13.6. The fourth-order valence-electron chi connectivity index (χ4n) is 3.32. The molecule has 0 radical (unpaired) electrons. The van der Waals surface area contributed by atoms with E-state index in [-0.39, 0.29) is 5.84 Å². The van der Waals surface area contributed by atoms with Crippen LogP contribution in [0.3, 0.4) is 0 Å². The molecule has 0 bridgehead atoms. The van der Waals surface area contributed by atoms with Gasteiger partial charge in [-0.2, -0.15) is 0 Å². The highest BCUT2D eigenvalue weighted by Crippen LogP contribution is 2.26. The molecule has 0 saturated carbocycles. The summed E-state index contributed by atoms with van der Waals surface area (Å²) in [5.41, 5.74) is 13.1. The van der Waals surface area contributed by atoms with E-state index in [1.807, 2.05) is 30.3 Å². The maximum Gasteiger partial charge on any atom is 0.138 e. The van der Waals surface area contributed by atoms with Crippen LogP contribution in [0.4, 0.5) is 0 Å². The molecule has 0 aliphatic rings. The lowest BCUT2D eigenvalue weighted by Gasteiger charge is -1.97. The topological polar surface area (TPSA) is 107 Å². The number of aromatic nitrogens is 4. The third kappa shape index (κ3) is 2.72. The summed E-state index contributed by atoms with van der Waals surface area (Å²) in [6.07, 6.45) is 0. The summed E-state index contributed by atoms with van der Waals surface area (Å²) in [4.78, 5) is 16.1. The van der Waals surface area contributed by atoms with Gasteiger partial charge in [0.05, 0.1) is 22.1 Å². The molecule has 0 aliphatic carbocycles. The van der Waals surface area contributed by atoms with Gasteiger partial charge in [-0.25, -0.2) is 9.97 Å². The van der Waals surface area contributed by atoms with Gasteiger partial charge < -0.3 is 15.7 Å². The molecule has 6 nitrogen and oxygen atoms in total. The molecule has 0 spiro atoms. The number of amidine groups is 1. The van der Waals surface area contributed by atoms with Crippen molar-refractivity contribution in [1.82, 2.24) is 19.9 Å². The van der Waals surface area contributed by atoms with Gasteiger partial charge in [-0.1, -0.05) is 29.8 Å². The zero-order valence-corrected chi connectivity index (χ0v) is 15.2. The Kier molecular flexibility index (Phi) is 3.52. The number of fused-ring (bicyclic) bond motifs is 2. The highest BCUT2D eigenvalue weighted by atomic mass is 14.9. The minimum Gasteiger partial charge on any atom is -0.384 e. The summed E-state index contributed by atoms with van der Waals surface area (Å²) in [7, 11) is 0. The average Bonchev–Trinajstić information content (AvgIpc) is 3.31. The maximum atomic E-state index is 7.59. The van der Waals surface area contributed by atoms with E-state index in [2.05, 4.69) is 46.1 Å². The molecular weight excluding hydrogens is 348 g/mol. The van der Waals surface area contributed by atoms with E-state index in [9.17, 15) is 0 Å². The highest BCUT2D eigenvalue weighted by molar-refractivity contribution is 5.98. The van der Waals surface area contributed by atoms with Crippen LogP contribution in [0.5, 0.6) is 0 Å². The van der Waals surface area contributed by atoms with Crippen molar-refractivity contribution in [2.45, 2.75) is 6.92 Å². The standard InChI is InChI=1S/C22H18N6/c1-12-2-4-13(5-3-12)21-25-17-9-7-15(11-19(17)27-21)22-26-16-8-6-14(20(23)24)10-18(16)28-22/h2-11H,1H3,(H3,23,24)(H,25,27)(H,26,28). The van der Waals surface area contributed by atoms with Crippen LogP contribution in [-0.2, 0) is 0 Å². The molecule has 136 valence electrons. The summed E-state index contributed by atoms with van der Waals surface area (Å²) >= 11 is 0. The molecule has 6 heteroatoms. The predicted molar refractivity (Wildman–Crippen MR) is 112 cm³/mol. The van der Waals surface area contributed by atoms with Crippen molar-refractivity contribution in [3.05, 3.63) is 71.8 Å². The first kappa shape index (κ1) is 16.3. The predicted octanol–water partition coefficient (Wildman–Crippen LogP) is 4.37. The molecule has 5 N–H and O–H groups in total. The summed E-state index contributed by atoms with van der Waals surface area (Å²) in [6, 6.07) is 19.9. The normalized spacial score (nSPS) is 11.3. The molecule has 0 aliphatic heterocycles. The van der Waals surface area contributed by atoms with Crippen LogP contribution >= 0.6 is 0 Å². The summed E-state index contributed by atoms with van der Waals surface area (Å²) in [6.45, 7) is 2.07. The van der Waals surface area contributed by atoms with Crippen molar-refractivity contribution in [3.63, 3.8) is 0 Å². The molecule has 0 amide bonds. The first-order valence-corrected chi connectivity index (χ1v) is 8.98. The van der Waals surface area contributed by atoms with E-state index in [4.69, 9.17) is 16.1 Å². The van der Waals surface area contributed by atoms with Gasteiger partial charge in [-0.15, -0.1) is 0 Å². The van der Waals surface area contributed by atoms with Gasteiger partial charge >= 0.3 is 0 Å². The average molecular weight is 366 g/mol. The smallest absolute Gasteiger partial charge is 0.138 e. The van der Waals surface area contributed by atoms with Crippen LogP contribution in [0.15, 0.2) is 60.7 Å². The van der Waals surface area contributed by atoms with Gasteiger partial charge in [-0.05, 0) is 43.3 Å². The second-order valence-corrected chi connectivity index (χ2v) is 6.91. The molecule has 2 heterocycles. The van der Waals surface area contributed by atoms with E-state index in [0.717, 1.165) is 44.8 Å². The van der Waals surface area contributed by atoms with Crippen LogP contribution in [0, 0.1) is 12.3 Å². The Morgan fingerprint density at radius 2 is 1.36 bits per heavy atom. The molecule has 28 heavy (non-hydrogen) atoms. The number of nitrogens with two attached hydrogens (primary N) is 1. The summed E-state index contributed by atoms with van der Waals surface area (Å²) in [5.74, 6) is 1.66. The summed E-state index contributed by atoms with van der Waals surface area (Å²) in [5, 5.41) is 7.59. The number of nitrogens with zero attached hydrogens (tertiary/aromatic N) is 2. The van der Waals surface area contributed by atoms with Crippen molar-refractivity contribution in [1.29, 1.82) is 5.41 Å². The lowest BCUT2D eigenvalue weighted by molar-refractivity contribution is 1.33. The Hall–Kier alpha value is -3.93. The first-order valence-electron chi connectivity index (χ1n) is 8.98. The number of hydrogen-bond acceptors (Lipinski definition) is 3. The largest absolute Gasteiger partial charge is 0.384 e. The van der Waals surface area contributed by atoms with Crippen LogP contribution in [0.1, 0.15) is 11.1 Å². The number of hydrogen-bond donors (Lipinski definition) is 4. The van der Waals surface area contributed by atoms with E-state index in [0.29, 0.717) is 5.56 Å². The van der Waals surface area contributed by atoms with E-state index in [1.165, 1.54) is 5.56 Å². The molecule has 2 aromatic heterocycles. The molecular formula is C22H18N6. The molecule has 0 saturated heterocycles. The molecule has 0 fully saturated rings. The minimum absolute atomic E-state index is 0.0422. The number of rotatable bonds is 3. The van der Waals surface area contributed by atoms with E-state index >= 15 is 0 Å². The Morgan fingerprint density at radius 1 is 0.786 bits per heavy atom. The van der Waals surface area contributed by atoms with Crippen LogP contribution < -0.4 is 5.73 Å². The highest BCUT2D eigenvalue weighted by Gasteiger charge is 2.10. The van der Waals surface area contributed by atoms with Gasteiger partial charge in [0.15, 0.2) is 0 Å². The van der Waals surface area contributed by atoms with Crippen molar-refractivity contribution in [3.8, 4) is 22.8 Å². The molecule has 5 rings (SSSR count). The second kappa shape index (κ2) is 6.06. The number of benzene rings is 3. The van der Waals surface area contributed by atoms with Gasteiger partial charge in [-0.3, -0.25) is 5.41 Å². The lowest BCUT2D eigenvalue weighted by atomic mass is 10.1. The van der Waals surface area contributed by atoms with Crippen LogP contribution in [0.2, 0.25) is 0 Å². The molecule has 0 atom stereocenters. The Balaban J connectivity index is 1.56. The second-order valence-electron chi connectivity index (χ2n) is 6.91. The quantitative estimate of drug-likeness (QED) is 0.281. The van der Waals surface area contributed by atoms with E-state index in [1.54, 1.807) is 6.07 Å². The van der Waals surface area contributed by atoms with Crippen LogP contribution in [0.25, 0.3) is 44.8 Å². The Bertz CT molecular complexity index is 1340. The fraction of sp³-hybridized carbons (Fsp3) is 0.0455. The van der Waals surface area contributed by atoms with Gasteiger partial charge in [0, 0.05) is 16.7 Å². The monoisotopic (exact) mass is 366 g/mol. The number of aromatic amines is 2. The maximum absolute atomic E-state index is 7.59. The number of nitrogens with one attached hydrogen (secondary N) is 3. The number of nitrogen functional groups attached to an aromatic ring is 1. The number of imidazole rings is 2. The molecule has 5 aromatic rings. The van der Waals surface area contributed by atoms with Crippen molar-refractivity contribution >= 4 is 27.9 Å². The fourth-order valence-corrected chi connectivity index (χ4v) is 3.32. The minimum atomic E-state index is 0.0422. The Morgan fingerprint density at radius 3 is 2.04 bits per heavy atom. The van der Waals surface area contributed by atoms with Gasteiger partial charge in [0.25, 0.3) is 0 Å². The number of aryl methyl sites for hydroxylation is 1. The number of H-pyrrole nitrogens is 2.